The third kappa shape index (κ3) is 4.18. The number of imidazole rings is 1. The third-order valence-electron chi connectivity index (χ3n) is 4.23. The first-order valence-corrected chi connectivity index (χ1v) is 9.65. The van der Waals surface area contributed by atoms with E-state index in [4.69, 9.17) is 4.98 Å². The van der Waals surface area contributed by atoms with E-state index in [1.54, 1.807) is 11.8 Å². The number of nitrogens with zero attached hydrogens (tertiary/aromatic N) is 3. The number of aromatic nitrogens is 3. The van der Waals surface area contributed by atoms with Crippen molar-refractivity contribution in [1.29, 1.82) is 0 Å². The monoisotopic (exact) mass is 339 g/mol. The molecule has 3 aromatic rings. The van der Waals surface area contributed by atoms with E-state index in [9.17, 15) is 0 Å². The van der Waals surface area contributed by atoms with Gasteiger partial charge in [-0.05, 0) is 31.9 Å². The van der Waals surface area contributed by atoms with Crippen LogP contribution in [0.1, 0.15) is 50.3 Å². The summed E-state index contributed by atoms with van der Waals surface area (Å²) in [6.07, 6.45) is 13.3. The molecule has 4 heteroatoms. The van der Waals surface area contributed by atoms with Crippen LogP contribution in [0.2, 0.25) is 0 Å². The summed E-state index contributed by atoms with van der Waals surface area (Å²) in [6.45, 7) is 4.36. The molecule has 0 unspecified atom stereocenters. The first-order valence-electron chi connectivity index (χ1n) is 8.83. The molecule has 0 aliphatic rings. The van der Waals surface area contributed by atoms with Gasteiger partial charge in [-0.25, -0.2) is 4.98 Å². The van der Waals surface area contributed by atoms with Crippen molar-refractivity contribution in [2.24, 2.45) is 0 Å². The summed E-state index contributed by atoms with van der Waals surface area (Å²) in [4.78, 5) is 10.5. The maximum absolute atomic E-state index is 4.71. The number of rotatable bonds is 8. The Balaban J connectivity index is 1.73. The molecule has 3 nitrogen and oxygen atoms in total. The molecule has 24 heavy (non-hydrogen) atoms. The van der Waals surface area contributed by atoms with E-state index >= 15 is 0 Å². The molecule has 0 spiro atoms. The molecule has 0 atom stereocenters. The average Bonchev–Trinajstić information content (AvgIpc) is 3.08. The lowest BCUT2D eigenvalue weighted by Crippen LogP contribution is -1.99. The highest BCUT2D eigenvalue weighted by Crippen LogP contribution is 2.28. The summed E-state index contributed by atoms with van der Waals surface area (Å²) in [6, 6.07) is 8.60. The molecule has 0 saturated heterocycles. The predicted molar refractivity (Wildman–Crippen MR) is 101 cm³/mol. The number of hydrogen-bond donors (Lipinski definition) is 0. The number of hydrogen-bond acceptors (Lipinski definition) is 3. The van der Waals surface area contributed by atoms with Crippen molar-refractivity contribution in [1.82, 2.24) is 14.4 Å². The average molecular weight is 340 g/mol. The SMILES string of the molecule is CCCCCCCc1ncc(Sc2ccc(C)cc2)n2ccnc12. The molecule has 126 valence electrons. The molecule has 0 saturated carbocycles. The van der Waals surface area contributed by atoms with E-state index in [0.717, 1.165) is 22.8 Å². The lowest BCUT2D eigenvalue weighted by molar-refractivity contribution is 0.627. The minimum Gasteiger partial charge on any atom is -0.291 e. The van der Waals surface area contributed by atoms with Gasteiger partial charge in [0, 0.05) is 17.3 Å². The van der Waals surface area contributed by atoms with Crippen molar-refractivity contribution in [3.8, 4) is 0 Å². The van der Waals surface area contributed by atoms with Gasteiger partial charge < -0.3 is 0 Å². The molecule has 1 aromatic carbocycles. The lowest BCUT2D eigenvalue weighted by atomic mass is 10.1. The van der Waals surface area contributed by atoms with Crippen molar-refractivity contribution in [2.75, 3.05) is 0 Å². The molecule has 2 aromatic heterocycles. The lowest BCUT2D eigenvalue weighted by Gasteiger charge is -2.08. The molecule has 0 fully saturated rings. The number of benzene rings is 1. The Morgan fingerprint density at radius 2 is 1.79 bits per heavy atom. The Morgan fingerprint density at radius 3 is 2.58 bits per heavy atom. The highest BCUT2D eigenvalue weighted by Gasteiger charge is 2.09. The van der Waals surface area contributed by atoms with Crippen LogP contribution in [0.3, 0.4) is 0 Å². The molecule has 2 heterocycles. The van der Waals surface area contributed by atoms with Crippen LogP contribution in [-0.2, 0) is 6.42 Å². The summed E-state index contributed by atoms with van der Waals surface area (Å²) < 4.78 is 2.17. The van der Waals surface area contributed by atoms with Crippen molar-refractivity contribution in [3.63, 3.8) is 0 Å². The van der Waals surface area contributed by atoms with Crippen LogP contribution >= 0.6 is 11.8 Å². The predicted octanol–water partition coefficient (Wildman–Crippen LogP) is 5.70. The standard InChI is InChI=1S/C20H25N3S/c1-3-4-5-6-7-8-18-20-21-13-14-23(20)19(15-22-18)24-17-11-9-16(2)10-12-17/h9-15H,3-8H2,1-2H3. The second kappa shape index (κ2) is 8.34. The third-order valence-corrected chi connectivity index (χ3v) is 5.25. The summed E-state index contributed by atoms with van der Waals surface area (Å²) in [5.41, 5.74) is 3.40. The Labute approximate surface area is 148 Å². The fourth-order valence-electron chi connectivity index (χ4n) is 2.82. The zero-order valence-corrected chi connectivity index (χ0v) is 15.4. The van der Waals surface area contributed by atoms with E-state index in [0.29, 0.717) is 0 Å². The highest BCUT2D eigenvalue weighted by molar-refractivity contribution is 7.99. The fourth-order valence-corrected chi connectivity index (χ4v) is 3.69. The second-order valence-electron chi connectivity index (χ2n) is 6.24. The van der Waals surface area contributed by atoms with Crippen LogP contribution in [0.4, 0.5) is 0 Å². The van der Waals surface area contributed by atoms with Crippen LogP contribution in [-0.4, -0.2) is 14.4 Å². The minimum absolute atomic E-state index is 1.00. The van der Waals surface area contributed by atoms with Crippen molar-refractivity contribution in [3.05, 3.63) is 54.1 Å². The maximum Gasteiger partial charge on any atom is 0.159 e. The molecular weight excluding hydrogens is 314 g/mol. The highest BCUT2D eigenvalue weighted by atomic mass is 32.2. The molecule has 0 amide bonds. The smallest absolute Gasteiger partial charge is 0.159 e. The maximum atomic E-state index is 4.71. The Morgan fingerprint density at radius 1 is 1.00 bits per heavy atom. The number of unbranched alkanes of at least 4 members (excludes halogenated alkanes) is 4. The van der Waals surface area contributed by atoms with Gasteiger partial charge in [-0.3, -0.25) is 9.38 Å². The Bertz CT molecular complexity index is 777. The Kier molecular flexibility index (Phi) is 5.91. The van der Waals surface area contributed by atoms with E-state index in [-0.39, 0.29) is 0 Å². The second-order valence-corrected chi connectivity index (χ2v) is 7.34. The van der Waals surface area contributed by atoms with E-state index in [2.05, 4.69) is 47.5 Å². The Hall–Kier alpha value is -1.81. The van der Waals surface area contributed by atoms with Crippen LogP contribution < -0.4 is 0 Å². The molecule has 0 radical (unpaired) electrons. The molecule has 0 bridgehead atoms. The van der Waals surface area contributed by atoms with Crippen LogP contribution in [0.5, 0.6) is 0 Å². The number of aryl methyl sites for hydroxylation is 2. The summed E-state index contributed by atoms with van der Waals surface area (Å²) in [7, 11) is 0. The largest absolute Gasteiger partial charge is 0.291 e. The number of fused-ring (bicyclic) bond motifs is 1. The molecular formula is C20H25N3S. The van der Waals surface area contributed by atoms with E-state index in [1.165, 1.54) is 42.6 Å². The molecule has 0 aliphatic heterocycles. The zero-order chi connectivity index (χ0) is 16.8. The molecule has 0 aliphatic carbocycles. The normalized spacial score (nSPS) is 11.2. The fraction of sp³-hybridized carbons (Fsp3) is 0.400. The summed E-state index contributed by atoms with van der Waals surface area (Å²) in [5, 5.41) is 1.11. The van der Waals surface area contributed by atoms with Gasteiger partial charge in [0.2, 0.25) is 0 Å². The van der Waals surface area contributed by atoms with Crippen molar-refractivity contribution < 1.29 is 0 Å². The van der Waals surface area contributed by atoms with Gasteiger partial charge >= 0.3 is 0 Å². The van der Waals surface area contributed by atoms with Gasteiger partial charge in [0.05, 0.1) is 11.9 Å². The van der Waals surface area contributed by atoms with Gasteiger partial charge in [0.25, 0.3) is 0 Å². The van der Waals surface area contributed by atoms with E-state index < -0.39 is 0 Å². The first kappa shape index (κ1) is 17.0. The van der Waals surface area contributed by atoms with Crippen LogP contribution in [0.15, 0.2) is 52.8 Å². The van der Waals surface area contributed by atoms with Crippen LogP contribution in [0.25, 0.3) is 5.65 Å². The molecule has 0 N–H and O–H groups in total. The first-order chi connectivity index (χ1) is 11.8. The topological polar surface area (TPSA) is 30.2 Å². The van der Waals surface area contributed by atoms with Gasteiger partial charge in [-0.15, -0.1) is 0 Å². The van der Waals surface area contributed by atoms with Crippen molar-refractivity contribution >= 4 is 17.4 Å². The zero-order valence-electron chi connectivity index (χ0n) is 14.5. The summed E-state index contributed by atoms with van der Waals surface area (Å²) >= 11 is 1.73. The van der Waals surface area contributed by atoms with Gasteiger partial charge in [-0.2, -0.15) is 0 Å². The quantitative estimate of drug-likeness (QED) is 0.493. The van der Waals surface area contributed by atoms with Gasteiger partial charge in [0.1, 0.15) is 5.03 Å². The van der Waals surface area contributed by atoms with Gasteiger partial charge in [-0.1, -0.05) is 62.1 Å². The van der Waals surface area contributed by atoms with E-state index in [1.807, 2.05) is 18.6 Å². The minimum atomic E-state index is 1.00. The van der Waals surface area contributed by atoms with Crippen LogP contribution in [0, 0.1) is 6.92 Å². The molecule has 3 rings (SSSR count). The van der Waals surface area contributed by atoms with Crippen molar-refractivity contribution in [2.45, 2.75) is 62.3 Å². The van der Waals surface area contributed by atoms with Gasteiger partial charge in [0.15, 0.2) is 5.65 Å². The summed E-state index contributed by atoms with van der Waals surface area (Å²) in [5.74, 6) is 0.